The van der Waals surface area contributed by atoms with Gasteiger partial charge in [-0.3, -0.25) is 4.79 Å². The van der Waals surface area contributed by atoms with Gasteiger partial charge < -0.3 is 15.4 Å². The smallest absolute Gasteiger partial charge is 0.246 e. The average Bonchev–Trinajstić information content (AvgIpc) is 2.97. The topological polar surface area (TPSA) is 76.1 Å². The summed E-state index contributed by atoms with van der Waals surface area (Å²) in [6.07, 6.45) is 1.56. The quantitative estimate of drug-likeness (QED) is 0.752. The van der Waals surface area contributed by atoms with E-state index in [1.165, 1.54) is 11.3 Å². The van der Waals surface area contributed by atoms with Crippen LogP contribution in [0.5, 0.6) is 5.88 Å². The SMILES string of the molecule is COc1ccc(NC(=O)[C@H](C)Nc2nc3ccccc3s2)cn1. The number of anilines is 2. The molecular weight excluding hydrogens is 312 g/mol. The maximum absolute atomic E-state index is 12.2. The Morgan fingerprint density at radius 1 is 1.26 bits per heavy atom. The van der Waals surface area contributed by atoms with Crippen LogP contribution in [0.15, 0.2) is 42.6 Å². The molecule has 3 aromatic rings. The Kier molecular flexibility index (Phi) is 4.38. The average molecular weight is 328 g/mol. The minimum absolute atomic E-state index is 0.156. The van der Waals surface area contributed by atoms with Crippen molar-refractivity contribution in [3.8, 4) is 5.88 Å². The molecule has 0 aliphatic heterocycles. The Bertz CT molecular complexity index is 783. The van der Waals surface area contributed by atoms with Crippen LogP contribution < -0.4 is 15.4 Å². The van der Waals surface area contributed by atoms with E-state index in [2.05, 4.69) is 20.6 Å². The fourth-order valence-corrected chi connectivity index (χ4v) is 2.96. The molecule has 3 rings (SSSR count). The number of pyridine rings is 1. The number of nitrogens with one attached hydrogen (secondary N) is 2. The lowest BCUT2D eigenvalue weighted by atomic mass is 10.3. The lowest BCUT2D eigenvalue weighted by molar-refractivity contribution is -0.116. The van der Waals surface area contributed by atoms with Crippen LogP contribution >= 0.6 is 11.3 Å². The molecule has 0 saturated heterocycles. The molecule has 0 spiro atoms. The third-order valence-electron chi connectivity index (χ3n) is 3.24. The van der Waals surface area contributed by atoms with Gasteiger partial charge in [0.2, 0.25) is 11.8 Å². The van der Waals surface area contributed by atoms with E-state index in [1.54, 1.807) is 32.4 Å². The lowest BCUT2D eigenvalue weighted by Gasteiger charge is -2.13. The highest BCUT2D eigenvalue weighted by atomic mass is 32.1. The highest BCUT2D eigenvalue weighted by Gasteiger charge is 2.15. The number of carbonyl (C=O) groups is 1. The summed E-state index contributed by atoms with van der Waals surface area (Å²) >= 11 is 1.52. The number of ether oxygens (including phenoxy) is 1. The van der Waals surface area contributed by atoms with E-state index in [0.29, 0.717) is 11.6 Å². The number of methoxy groups -OCH3 is 1. The molecule has 2 heterocycles. The number of para-hydroxylation sites is 1. The maximum Gasteiger partial charge on any atom is 0.246 e. The first-order chi connectivity index (χ1) is 11.2. The maximum atomic E-state index is 12.2. The second kappa shape index (κ2) is 6.62. The molecule has 0 aliphatic carbocycles. The zero-order chi connectivity index (χ0) is 16.2. The molecule has 7 heteroatoms. The molecule has 1 atom stereocenters. The lowest BCUT2D eigenvalue weighted by Crippen LogP contribution is -2.31. The van der Waals surface area contributed by atoms with Crippen LogP contribution in [0.1, 0.15) is 6.92 Å². The number of hydrogen-bond donors (Lipinski definition) is 2. The monoisotopic (exact) mass is 328 g/mol. The Labute approximate surface area is 137 Å². The number of thiazole rings is 1. The Morgan fingerprint density at radius 3 is 2.78 bits per heavy atom. The zero-order valence-electron chi connectivity index (χ0n) is 12.7. The molecular formula is C16H16N4O2S. The van der Waals surface area contributed by atoms with Crippen molar-refractivity contribution in [2.75, 3.05) is 17.7 Å². The van der Waals surface area contributed by atoms with E-state index in [-0.39, 0.29) is 5.91 Å². The van der Waals surface area contributed by atoms with E-state index in [0.717, 1.165) is 15.3 Å². The predicted molar refractivity (Wildman–Crippen MR) is 92.1 cm³/mol. The van der Waals surface area contributed by atoms with Gasteiger partial charge >= 0.3 is 0 Å². The highest BCUT2D eigenvalue weighted by molar-refractivity contribution is 7.22. The second-order valence-corrected chi connectivity index (χ2v) is 5.96. The van der Waals surface area contributed by atoms with Gasteiger partial charge in [-0.05, 0) is 25.1 Å². The summed E-state index contributed by atoms with van der Waals surface area (Å²) in [6.45, 7) is 1.79. The summed E-state index contributed by atoms with van der Waals surface area (Å²) in [5, 5.41) is 6.65. The molecule has 0 unspecified atom stereocenters. The summed E-state index contributed by atoms with van der Waals surface area (Å²) < 4.78 is 6.07. The predicted octanol–water partition coefficient (Wildman–Crippen LogP) is 3.14. The van der Waals surface area contributed by atoms with Gasteiger partial charge in [0.1, 0.15) is 6.04 Å². The van der Waals surface area contributed by atoms with Gasteiger partial charge in [0.25, 0.3) is 0 Å². The number of nitrogens with zero attached hydrogens (tertiary/aromatic N) is 2. The van der Waals surface area contributed by atoms with Crippen molar-refractivity contribution in [2.24, 2.45) is 0 Å². The summed E-state index contributed by atoms with van der Waals surface area (Å²) in [5.74, 6) is 0.347. The zero-order valence-corrected chi connectivity index (χ0v) is 13.6. The molecule has 0 radical (unpaired) electrons. The van der Waals surface area contributed by atoms with E-state index in [1.807, 2.05) is 24.3 Å². The van der Waals surface area contributed by atoms with Crippen molar-refractivity contribution in [1.29, 1.82) is 0 Å². The van der Waals surface area contributed by atoms with Gasteiger partial charge in [0.05, 0.1) is 29.2 Å². The van der Waals surface area contributed by atoms with E-state index < -0.39 is 6.04 Å². The fourth-order valence-electron chi connectivity index (χ4n) is 2.01. The summed E-state index contributed by atoms with van der Waals surface area (Å²) in [4.78, 5) is 20.7. The van der Waals surface area contributed by atoms with Crippen molar-refractivity contribution in [3.05, 3.63) is 42.6 Å². The standard InChI is InChI=1S/C16H16N4O2S/c1-10(15(21)19-11-7-8-14(22-2)17-9-11)18-16-20-12-5-3-4-6-13(12)23-16/h3-10H,1-2H3,(H,18,20)(H,19,21)/t10-/m0/s1. The van der Waals surface area contributed by atoms with Crippen LogP contribution in [0.25, 0.3) is 10.2 Å². The molecule has 23 heavy (non-hydrogen) atoms. The Hall–Kier alpha value is -2.67. The molecule has 1 amide bonds. The minimum atomic E-state index is -0.419. The van der Waals surface area contributed by atoms with E-state index >= 15 is 0 Å². The van der Waals surface area contributed by atoms with Gasteiger partial charge in [0.15, 0.2) is 5.13 Å². The Morgan fingerprint density at radius 2 is 2.09 bits per heavy atom. The van der Waals surface area contributed by atoms with Crippen molar-refractivity contribution in [1.82, 2.24) is 9.97 Å². The van der Waals surface area contributed by atoms with Crippen LogP contribution in [0, 0.1) is 0 Å². The number of aromatic nitrogens is 2. The number of carbonyl (C=O) groups excluding carboxylic acids is 1. The normalized spacial score (nSPS) is 11.9. The van der Waals surface area contributed by atoms with Gasteiger partial charge in [-0.25, -0.2) is 9.97 Å². The summed E-state index contributed by atoms with van der Waals surface area (Å²) in [6, 6.07) is 10.9. The summed E-state index contributed by atoms with van der Waals surface area (Å²) in [7, 11) is 1.55. The molecule has 0 aliphatic rings. The molecule has 0 bridgehead atoms. The van der Waals surface area contributed by atoms with Gasteiger partial charge in [-0.2, -0.15) is 0 Å². The van der Waals surface area contributed by atoms with E-state index in [9.17, 15) is 4.79 Å². The third kappa shape index (κ3) is 3.57. The van der Waals surface area contributed by atoms with Gasteiger partial charge in [0, 0.05) is 6.07 Å². The van der Waals surface area contributed by atoms with Crippen molar-refractivity contribution in [2.45, 2.75) is 13.0 Å². The molecule has 118 valence electrons. The van der Waals surface area contributed by atoms with Gasteiger partial charge in [-0.1, -0.05) is 23.5 Å². The number of rotatable bonds is 5. The fraction of sp³-hybridized carbons (Fsp3) is 0.188. The van der Waals surface area contributed by atoms with Gasteiger partial charge in [-0.15, -0.1) is 0 Å². The van der Waals surface area contributed by atoms with Crippen LogP contribution in [-0.4, -0.2) is 29.0 Å². The molecule has 2 N–H and O–H groups in total. The van der Waals surface area contributed by atoms with Crippen molar-refractivity contribution >= 4 is 38.3 Å². The number of amides is 1. The van der Waals surface area contributed by atoms with E-state index in [4.69, 9.17) is 4.74 Å². The molecule has 0 fully saturated rings. The third-order valence-corrected chi connectivity index (χ3v) is 4.21. The first-order valence-electron chi connectivity index (χ1n) is 7.09. The van der Waals surface area contributed by atoms with Crippen LogP contribution in [0.4, 0.5) is 10.8 Å². The van der Waals surface area contributed by atoms with Crippen molar-refractivity contribution < 1.29 is 9.53 Å². The first kappa shape index (κ1) is 15.2. The number of benzene rings is 1. The highest BCUT2D eigenvalue weighted by Crippen LogP contribution is 2.25. The Balaban J connectivity index is 1.64. The number of fused-ring (bicyclic) bond motifs is 1. The molecule has 0 saturated carbocycles. The number of hydrogen-bond acceptors (Lipinski definition) is 6. The van der Waals surface area contributed by atoms with Crippen LogP contribution in [0.2, 0.25) is 0 Å². The summed E-state index contributed by atoms with van der Waals surface area (Å²) in [5.41, 5.74) is 1.54. The van der Waals surface area contributed by atoms with Crippen LogP contribution in [0.3, 0.4) is 0 Å². The first-order valence-corrected chi connectivity index (χ1v) is 7.90. The largest absolute Gasteiger partial charge is 0.481 e. The minimum Gasteiger partial charge on any atom is -0.481 e. The van der Waals surface area contributed by atoms with Crippen molar-refractivity contribution in [3.63, 3.8) is 0 Å². The molecule has 6 nitrogen and oxygen atoms in total. The molecule has 2 aromatic heterocycles. The molecule has 1 aromatic carbocycles. The van der Waals surface area contributed by atoms with Crippen LogP contribution in [-0.2, 0) is 4.79 Å². The second-order valence-electron chi connectivity index (χ2n) is 4.93.